The summed E-state index contributed by atoms with van der Waals surface area (Å²) in [6.45, 7) is 1.46. The van der Waals surface area contributed by atoms with E-state index in [1.165, 1.54) is 23.5 Å². The van der Waals surface area contributed by atoms with Crippen molar-refractivity contribution in [3.63, 3.8) is 0 Å². The summed E-state index contributed by atoms with van der Waals surface area (Å²) in [5, 5.41) is 1.24. The molecule has 3 rings (SSSR count). The van der Waals surface area contributed by atoms with Crippen LogP contribution in [0.5, 0.6) is 5.75 Å². The van der Waals surface area contributed by atoms with Crippen molar-refractivity contribution in [1.82, 2.24) is 9.88 Å². The first kappa shape index (κ1) is 24.8. The van der Waals surface area contributed by atoms with Gasteiger partial charge < -0.3 is 9.64 Å². The molecule has 0 aliphatic carbocycles. The van der Waals surface area contributed by atoms with E-state index in [1.807, 2.05) is 14.1 Å². The zero-order valence-corrected chi connectivity index (χ0v) is 20.8. The normalized spacial score (nSPS) is 11.3. The van der Waals surface area contributed by atoms with Crippen molar-refractivity contribution in [2.75, 3.05) is 44.9 Å². The largest absolute Gasteiger partial charge is 0.494 e. The van der Waals surface area contributed by atoms with Crippen LogP contribution in [0.1, 0.15) is 19.3 Å². The van der Waals surface area contributed by atoms with Gasteiger partial charge in [-0.05, 0) is 75.6 Å². The number of carbonyl (C=O) groups excluding carboxylic acids is 1. The minimum absolute atomic E-state index is 0.0395. The molecule has 0 unspecified atom stereocenters. The third kappa shape index (κ3) is 6.57. The van der Waals surface area contributed by atoms with Crippen LogP contribution in [0.25, 0.3) is 10.2 Å². The Labute approximate surface area is 201 Å². The summed E-state index contributed by atoms with van der Waals surface area (Å²) in [6.07, 6.45) is 1.97. The van der Waals surface area contributed by atoms with Gasteiger partial charge in [-0.1, -0.05) is 22.9 Å². The molecule has 3 aromatic rings. The van der Waals surface area contributed by atoms with Gasteiger partial charge in [-0.3, -0.25) is 9.69 Å². The molecule has 0 bridgehead atoms. The summed E-state index contributed by atoms with van der Waals surface area (Å²) >= 11 is 9.41. The van der Waals surface area contributed by atoms with Crippen LogP contribution in [-0.4, -0.2) is 55.8 Å². The number of methoxy groups -OCH3 is 1. The first-order valence-electron chi connectivity index (χ1n) is 10.4. The molecule has 0 aliphatic rings. The Morgan fingerprint density at radius 3 is 2.59 bits per heavy atom. The number of thioether (sulfide) groups is 1. The lowest BCUT2D eigenvalue weighted by Crippen LogP contribution is -2.33. The van der Waals surface area contributed by atoms with Gasteiger partial charge >= 0.3 is 0 Å². The Morgan fingerprint density at radius 1 is 1.16 bits per heavy atom. The Hall–Kier alpha value is -1.87. The van der Waals surface area contributed by atoms with Gasteiger partial charge in [0.15, 0.2) is 5.13 Å². The summed E-state index contributed by atoms with van der Waals surface area (Å²) in [5.41, 5.74) is 0.678. The fraction of sp³-hybridized carbons (Fsp3) is 0.391. The summed E-state index contributed by atoms with van der Waals surface area (Å²) in [4.78, 5) is 22.7. The van der Waals surface area contributed by atoms with E-state index in [0.717, 1.165) is 34.7 Å². The lowest BCUT2D eigenvalue weighted by molar-refractivity contribution is -0.118. The summed E-state index contributed by atoms with van der Waals surface area (Å²) in [5.74, 6) is 1.22. The van der Waals surface area contributed by atoms with Crippen LogP contribution < -0.4 is 9.64 Å². The Balaban J connectivity index is 1.70. The molecule has 2 aromatic carbocycles. The molecule has 1 amide bonds. The number of nitrogens with zero attached hydrogens (tertiary/aromatic N) is 3. The molecule has 5 nitrogen and oxygen atoms in total. The summed E-state index contributed by atoms with van der Waals surface area (Å²) < 4.78 is 19.3. The van der Waals surface area contributed by atoms with Crippen molar-refractivity contribution in [3.05, 3.63) is 47.2 Å². The molecule has 1 aromatic heterocycles. The lowest BCUT2D eigenvalue weighted by Gasteiger charge is -2.21. The molecule has 0 aliphatic heterocycles. The number of thiazole rings is 1. The van der Waals surface area contributed by atoms with Crippen molar-refractivity contribution < 1.29 is 13.9 Å². The van der Waals surface area contributed by atoms with Crippen LogP contribution in [0.4, 0.5) is 9.52 Å². The van der Waals surface area contributed by atoms with Crippen LogP contribution in [0.15, 0.2) is 41.3 Å². The molecule has 0 N–H and O–H groups in total. The number of rotatable bonds is 11. The van der Waals surface area contributed by atoms with Crippen molar-refractivity contribution in [2.45, 2.75) is 24.2 Å². The van der Waals surface area contributed by atoms with Gasteiger partial charge in [-0.25, -0.2) is 9.37 Å². The highest BCUT2D eigenvalue weighted by atomic mass is 35.5. The number of benzene rings is 2. The molecule has 0 saturated heterocycles. The predicted octanol–water partition coefficient (Wildman–Crippen LogP) is 5.95. The fourth-order valence-corrected chi connectivity index (χ4v) is 5.33. The molecular weight excluding hydrogens is 469 g/mol. The van der Waals surface area contributed by atoms with Crippen molar-refractivity contribution in [3.8, 4) is 5.75 Å². The third-order valence-corrected chi connectivity index (χ3v) is 7.44. The van der Waals surface area contributed by atoms with E-state index in [9.17, 15) is 9.18 Å². The number of anilines is 1. The van der Waals surface area contributed by atoms with Crippen LogP contribution in [0.2, 0.25) is 5.02 Å². The zero-order valence-electron chi connectivity index (χ0n) is 18.4. The Kier molecular flexibility index (Phi) is 9.16. The average molecular weight is 496 g/mol. The molecular formula is C23H27ClFN3O2S2. The first-order valence-corrected chi connectivity index (χ1v) is 12.5. The van der Waals surface area contributed by atoms with E-state index in [1.54, 1.807) is 48.0 Å². The zero-order chi connectivity index (χ0) is 23.1. The Bertz CT molecular complexity index is 1040. The highest BCUT2D eigenvalue weighted by Gasteiger charge is 2.21. The molecule has 172 valence electrons. The second kappa shape index (κ2) is 11.8. The monoisotopic (exact) mass is 495 g/mol. The minimum atomic E-state index is -0.245. The van der Waals surface area contributed by atoms with Crippen LogP contribution >= 0.6 is 34.7 Å². The molecule has 0 fully saturated rings. The number of ether oxygens (including phenoxy) is 1. The molecule has 0 spiro atoms. The van der Waals surface area contributed by atoms with Crippen molar-refractivity contribution in [1.29, 1.82) is 0 Å². The van der Waals surface area contributed by atoms with Crippen LogP contribution in [-0.2, 0) is 4.79 Å². The summed E-state index contributed by atoms with van der Waals surface area (Å²) in [6, 6.07) is 9.99. The molecule has 0 radical (unpaired) electrons. The summed E-state index contributed by atoms with van der Waals surface area (Å²) in [7, 11) is 5.63. The fourth-order valence-electron chi connectivity index (χ4n) is 3.17. The third-order valence-electron chi connectivity index (χ3n) is 4.80. The van der Waals surface area contributed by atoms with E-state index in [-0.39, 0.29) is 11.7 Å². The second-order valence-electron chi connectivity index (χ2n) is 7.53. The number of hydrogen-bond donors (Lipinski definition) is 0. The highest BCUT2D eigenvalue weighted by molar-refractivity contribution is 7.99. The quantitative estimate of drug-likeness (QED) is 0.243. The van der Waals surface area contributed by atoms with E-state index >= 15 is 0 Å². The molecule has 0 atom stereocenters. The first-order chi connectivity index (χ1) is 15.4. The van der Waals surface area contributed by atoms with Gasteiger partial charge in [0.25, 0.3) is 0 Å². The van der Waals surface area contributed by atoms with E-state index in [2.05, 4.69) is 4.90 Å². The number of amides is 1. The van der Waals surface area contributed by atoms with Gasteiger partial charge in [-0.15, -0.1) is 11.8 Å². The number of fused-ring (bicyclic) bond motifs is 1. The second-order valence-corrected chi connectivity index (χ2v) is 10.1. The highest BCUT2D eigenvalue weighted by Crippen LogP contribution is 2.39. The Morgan fingerprint density at radius 2 is 1.91 bits per heavy atom. The van der Waals surface area contributed by atoms with Gasteiger partial charge in [0, 0.05) is 17.9 Å². The van der Waals surface area contributed by atoms with Crippen LogP contribution in [0, 0.1) is 5.82 Å². The number of carbonyl (C=O) groups is 1. The van der Waals surface area contributed by atoms with E-state index < -0.39 is 0 Å². The van der Waals surface area contributed by atoms with Crippen molar-refractivity contribution >= 4 is 56.0 Å². The predicted molar refractivity (Wildman–Crippen MR) is 133 cm³/mol. The van der Waals surface area contributed by atoms with Crippen molar-refractivity contribution in [2.24, 2.45) is 0 Å². The topological polar surface area (TPSA) is 45.7 Å². The molecule has 0 saturated carbocycles. The van der Waals surface area contributed by atoms with Gasteiger partial charge in [0.05, 0.1) is 16.8 Å². The molecule has 9 heteroatoms. The number of halogens is 2. The van der Waals surface area contributed by atoms with Crippen LogP contribution in [0.3, 0.4) is 0 Å². The number of hydrogen-bond acceptors (Lipinski definition) is 6. The maximum atomic E-state index is 13.1. The molecule has 1 heterocycles. The maximum absolute atomic E-state index is 13.1. The molecule has 32 heavy (non-hydrogen) atoms. The van der Waals surface area contributed by atoms with Gasteiger partial charge in [0.2, 0.25) is 5.91 Å². The minimum Gasteiger partial charge on any atom is -0.494 e. The lowest BCUT2D eigenvalue weighted by atomic mass is 10.3. The maximum Gasteiger partial charge on any atom is 0.228 e. The van der Waals surface area contributed by atoms with E-state index in [4.69, 9.17) is 21.3 Å². The average Bonchev–Trinajstić information content (AvgIpc) is 3.21. The van der Waals surface area contributed by atoms with E-state index in [0.29, 0.717) is 34.4 Å². The SMILES string of the molecule is COc1ccc(Cl)c2sc(N(CCCN(C)C)C(=O)CCCSc3ccc(F)cc3)nc12. The van der Waals surface area contributed by atoms with Gasteiger partial charge in [-0.2, -0.15) is 0 Å². The number of aromatic nitrogens is 1. The van der Waals surface area contributed by atoms with Gasteiger partial charge in [0.1, 0.15) is 17.1 Å². The standard InChI is InChI=1S/C23H27ClFN3O2S2/c1-27(2)13-5-14-28(20(29)6-4-15-31-17-9-7-16(25)8-10-17)23-26-21-19(30-3)12-11-18(24)22(21)32-23/h7-12H,4-6,13-15H2,1-3H3. The smallest absolute Gasteiger partial charge is 0.228 e.